The molecule has 2 N–H and O–H groups in total. The van der Waals surface area contributed by atoms with Crippen molar-refractivity contribution >= 4 is 47.6 Å². The van der Waals surface area contributed by atoms with Crippen LogP contribution in [-0.4, -0.2) is 46.9 Å². The van der Waals surface area contributed by atoms with E-state index in [1.807, 2.05) is 0 Å². The third kappa shape index (κ3) is 6.30. The maximum atomic E-state index is 12.5. The summed E-state index contributed by atoms with van der Waals surface area (Å²) in [6, 6.07) is 12.7. The van der Waals surface area contributed by atoms with Gasteiger partial charge in [-0.25, -0.2) is 16.8 Å². The summed E-state index contributed by atoms with van der Waals surface area (Å²) in [4.78, 5) is 12.3. The molecule has 0 saturated heterocycles. The molecule has 0 heterocycles. The second-order valence-electron chi connectivity index (χ2n) is 6.02. The van der Waals surface area contributed by atoms with E-state index in [0.717, 1.165) is 15.0 Å². The van der Waals surface area contributed by atoms with Crippen LogP contribution in [0.4, 0.5) is 5.69 Å². The van der Waals surface area contributed by atoms with E-state index in [1.54, 1.807) is 36.4 Å². The van der Waals surface area contributed by atoms with Crippen molar-refractivity contribution < 1.29 is 21.6 Å². The third-order valence-corrected chi connectivity index (χ3v) is 6.61. The van der Waals surface area contributed by atoms with Crippen LogP contribution in [0, 0.1) is 0 Å². The molecule has 0 unspecified atom stereocenters. The van der Waals surface area contributed by atoms with Crippen LogP contribution < -0.4 is 10.0 Å². The van der Waals surface area contributed by atoms with Gasteiger partial charge in [0.2, 0.25) is 26.0 Å². The van der Waals surface area contributed by atoms with Crippen molar-refractivity contribution in [2.45, 2.75) is 11.4 Å². The maximum absolute atomic E-state index is 12.5. The van der Waals surface area contributed by atoms with Crippen LogP contribution in [0.25, 0.3) is 0 Å². The molecule has 0 fully saturated rings. The van der Waals surface area contributed by atoms with Gasteiger partial charge in [0.05, 0.1) is 23.4 Å². The summed E-state index contributed by atoms with van der Waals surface area (Å²) >= 11 is 3.24. The molecule has 0 aliphatic heterocycles. The normalized spacial score (nSPS) is 12.0. The van der Waals surface area contributed by atoms with E-state index >= 15 is 0 Å². The molecule has 0 aromatic heterocycles. The Bertz CT molecular complexity index is 1050. The molecule has 0 bridgehead atoms. The Morgan fingerprint density at radius 3 is 2.25 bits per heavy atom. The highest BCUT2D eigenvalue weighted by molar-refractivity contribution is 9.10. The van der Waals surface area contributed by atoms with Gasteiger partial charge in [-0.1, -0.05) is 34.1 Å². The Morgan fingerprint density at radius 1 is 1.04 bits per heavy atom. The number of nitrogens with one attached hydrogen (secondary N) is 2. The fourth-order valence-electron chi connectivity index (χ4n) is 2.30. The van der Waals surface area contributed by atoms with Crippen LogP contribution in [-0.2, 0) is 31.4 Å². The van der Waals surface area contributed by atoms with Gasteiger partial charge >= 0.3 is 0 Å². The second kappa shape index (κ2) is 9.03. The van der Waals surface area contributed by atoms with E-state index in [4.69, 9.17) is 0 Å². The Labute approximate surface area is 173 Å². The fraction of sp³-hybridized carbons (Fsp3) is 0.235. The van der Waals surface area contributed by atoms with E-state index in [2.05, 4.69) is 26.0 Å². The Kier molecular flexibility index (Phi) is 7.21. The van der Waals surface area contributed by atoms with Crippen LogP contribution in [0.1, 0.15) is 5.56 Å². The summed E-state index contributed by atoms with van der Waals surface area (Å²) < 4.78 is 52.0. The molecular formula is C17H20BrN3O5S2. The summed E-state index contributed by atoms with van der Waals surface area (Å²) in [6.07, 6.45) is 1.03. The van der Waals surface area contributed by atoms with E-state index in [9.17, 15) is 21.6 Å². The molecule has 0 radical (unpaired) electrons. The number of benzene rings is 2. The number of anilines is 1. The summed E-state index contributed by atoms with van der Waals surface area (Å²) in [6.45, 7) is -0.330. The first-order valence-corrected chi connectivity index (χ1v) is 12.2. The van der Waals surface area contributed by atoms with Crippen molar-refractivity contribution in [1.29, 1.82) is 0 Å². The van der Waals surface area contributed by atoms with E-state index in [1.165, 1.54) is 19.2 Å². The van der Waals surface area contributed by atoms with Gasteiger partial charge in [-0.05, 0) is 35.9 Å². The Hall–Kier alpha value is -1.95. The van der Waals surface area contributed by atoms with E-state index < -0.39 is 26.0 Å². The molecule has 152 valence electrons. The monoisotopic (exact) mass is 489 g/mol. The summed E-state index contributed by atoms with van der Waals surface area (Å²) in [7, 11) is -5.95. The minimum Gasteiger partial charge on any atom is -0.351 e. The quantitative estimate of drug-likeness (QED) is 0.586. The SMILES string of the molecule is CN(CC(=O)NCc1ccccc1NS(C)(=O)=O)S(=O)(=O)c1ccc(Br)cc1. The van der Waals surface area contributed by atoms with Crippen molar-refractivity contribution in [3.05, 3.63) is 58.6 Å². The standard InChI is InChI=1S/C17H20BrN3O5S2/c1-21(28(25,26)15-9-7-14(18)8-10-15)12-17(22)19-11-13-5-3-4-6-16(13)20-27(2,23)24/h3-10,20H,11-12H2,1-2H3,(H,19,22). The molecule has 0 aliphatic rings. The van der Waals surface area contributed by atoms with Gasteiger partial charge in [0.25, 0.3) is 0 Å². The molecule has 0 atom stereocenters. The highest BCUT2D eigenvalue weighted by Gasteiger charge is 2.22. The van der Waals surface area contributed by atoms with Crippen molar-refractivity contribution in [3.8, 4) is 0 Å². The molecule has 0 aliphatic carbocycles. The van der Waals surface area contributed by atoms with Gasteiger partial charge in [-0.3, -0.25) is 9.52 Å². The van der Waals surface area contributed by atoms with Crippen LogP contribution in [0.5, 0.6) is 0 Å². The largest absolute Gasteiger partial charge is 0.351 e. The lowest BCUT2D eigenvalue weighted by Crippen LogP contribution is -2.38. The first kappa shape index (κ1) is 22.3. The van der Waals surface area contributed by atoms with Crippen molar-refractivity contribution in [3.63, 3.8) is 0 Å². The summed E-state index contributed by atoms with van der Waals surface area (Å²) in [5, 5.41) is 2.60. The average molecular weight is 490 g/mol. The summed E-state index contributed by atoms with van der Waals surface area (Å²) in [5.74, 6) is -0.516. The molecule has 28 heavy (non-hydrogen) atoms. The molecule has 1 amide bonds. The van der Waals surface area contributed by atoms with Crippen LogP contribution >= 0.6 is 15.9 Å². The highest BCUT2D eigenvalue weighted by Crippen LogP contribution is 2.18. The first-order valence-electron chi connectivity index (χ1n) is 8.03. The van der Waals surface area contributed by atoms with Crippen molar-refractivity contribution in [2.24, 2.45) is 0 Å². The maximum Gasteiger partial charge on any atom is 0.243 e. The van der Waals surface area contributed by atoms with Crippen LogP contribution in [0.2, 0.25) is 0 Å². The first-order chi connectivity index (χ1) is 13.0. The molecule has 2 aromatic carbocycles. The van der Waals surface area contributed by atoms with E-state index in [0.29, 0.717) is 11.3 Å². The highest BCUT2D eigenvalue weighted by atomic mass is 79.9. The number of hydrogen-bond donors (Lipinski definition) is 2. The second-order valence-corrected chi connectivity index (χ2v) is 10.7. The topological polar surface area (TPSA) is 113 Å². The zero-order valence-electron chi connectivity index (χ0n) is 15.2. The van der Waals surface area contributed by atoms with Gasteiger partial charge < -0.3 is 5.32 Å². The number of hydrogen-bond acceptors (Lipinski definition) is 5. The molecule has 2 aromatic rings. The van der Waals surface area contributed by atoms with Gasteiger partial charge in [0, 0.05) is 18.1 Å². The number of sulfonamides is 2. The van der Waals surface area contributed by atoms with Gasteiger partial charge in [-0.15, -0.1) is 0 Å². The zero-order chi connectivity index (χ0) is 20.9. The summed E-state index contributed by atoms with van der Waals surface area (Å²) in [5.41, 5.74) is 0.904. The lowest BCUT2D eigenvalue weighted by Gasteiger charge is -2.17. The van der Waals surface area contributed by atoms with Crippen molar-refractivity contribution in [2.75, 3.05) is 24.6 Å². The number of likely N-dealkylation sites (N-methyl/N-ethyl adjacent to an activating group) is 1. The van der Waals surface area contributed by atoms with Crippen LogP contribution in [0.15, 0.2) is 57.9 Å². The molecule has 8 nitrogen and oxygen atoms in total. The fourth-order valence-corrected chi connectivity index (χ4v) is 4.29. The third-order valence-electron chi connectivity index (χ3n) is 3.68. The number of carbonyl (C=O) groups excluding carboxylic acids is 1. The smallest absolute Gasteiger partial charge is 0.243 e. The Morgan fingerprint density at radius 2 is 1.64 bits per heavy atom. The number of amides is 1. The number of rotatable bonds is 8. The average Bonchev–Trinajstić information content (AvgIpc) is 2.60. The van der Waals surface area contributed by atoms with E-state index in [-0.39, 0.29) is 18.0 Å². The Balaban J connectivity index is 2.02. The predicted octanol–water partition coefficient (Wildman–Crippen LogP) is 1.76. The predicted molar refractivity (Wildman–Crippen MR) is 111 cm³/mol. The molecule has 2 rings (SSSR count). The van der Waals surface area contributed by atoms with Gasteiger partial charge in [0.15, 0.2) is 0 Å². The van der Waals surface area contributed by atoms with Crippen LogP contribution in [0.3, 0.4) is 0 Å². The number of carbonyl (C=O) groups is 1. The molecule has 0 spiro atoms. The number of nitrogens with zero attached hydrogens (tertiary/aromatic N) is 1. The molecule has 0 saturated carbocycles. The lowest BCUT2D eigenvalue weighted by molar-refractivity contribution is -0.121. The van der Waals surface area contributed by atoms with Crippen molar-refractivity contribution in [1.82, 2.24) is 9.62 Å². The minimum atomic E-state index is -3.81. The van der Waals surface area contributed by atoms with Gasteiger partial charge in [0.1, 0.15) is 0 Å². The lowest BCUT2D eigenvalue weighted by atomic mass is 10.2. The molecular weight excluding hydrogens is 470 g/mol. The minimum absolute atomic E-state index is 0.0453. The van der Waals surface area contributed by atoms with Gasteiger partial charge in [-0.2, -0.15) is 4.31 Å². The number of halogens is 1. The number of para-hydroxylation sites is 1. The molecule has 11 heteroatoms. The zero-order valence-corrected chi connectivity index (χ0v) is 18.4.